The number of hydrogen-bond donors (Lipinski definition) is 0. The van der Waals surface area contributed by atoms with E-state index in [1.165, 1.54) is 52.0 Å². The molecule has 2 heteroatoms. The van der Waals surface area contributed by atoms with Crippen LogP contribution in [0, 0.1) is 11.8 Å². The molecule has 0 bridgehead atoms. The van der Waals surface area contributed by atoms with Crippen LogP contribution in [0.15, 0.2) is 0 Å². The van der Waals surface area contributed by atoms with Gasteiger partial charge >= 0.3 is 0 Å². The van der Waals surface area contributed by atoms with Crippen LogP contribution < -0.4 is 0 Å². The van der Waals surface area contributed by atoms with Crippen molar-refractivity contribution in [1.82, 2.24) is 9.80 Å². The quantitative estimate of drug-likeness (QED) is 0.724. The molecule has 2 fully saturated rings. The molecule has 0 saturated carbocycles. The molecule has 16 heavy (non-hydrogen) atoms. The van der Waals surface area contributed by atoms with Gasteiger partial charge in [0.25, 0.3) is 0 Å². The Morgan fingerprint density at radius 3 is 2.38 bits per heavy atom. The highest BCUT2D eigenvalue weighted by molar-refractivity contribution is 4.83. The van der Waals surface area contributed by atoms with Crippen molar-refractivity contribution in [2.24, 2.45) is 11.8 Å². The second kappa shape index (κ2) is 5.50. The van der Waals surface area contributed by atoms with Crippen molar-refractivity contribution < 1.29 is 0 Å². The fourth-order valence-electron chi connectivity index (χ4n) is 3.26. The zero-order chi connectivity index (χ0) is 11.5. The molecule has 0 aromatic rings. The van der Waals surface area contributed by atoms with Crippen molar-refractivity contribution in [3.63, 3.8) is 0 Å². The van der Waals surface area contributed by atoms with Gasteiger partial charge in [-0.25, -0.2) is 0 Å². The van der Waals surface area contributed by atoms with E-state index in [1.54, 1.807) is 0 Å². The molecule has 94 valence electrons. The molecule has 0 aliphatic carbocycles. The second-order valence-corrected chi connectivity index (χ2v) is 6.07. The maximum atomic E-state index is 2.71. The molecule has 2 saturated heterocycles. The molecular weight excluding hydrogens is 196 g/mol. The van der Waals surface area contributed by atoms with E-state index in [0.29, 0.717) is 0 Å². The fraction of sp³-hybridized carbons (Fsp3) is 1.00. The summed E-state index contributed by atoms with van der Waals surface area (Å²) in [6.45, 7) is 13.7. The first-order chi connectivity index (χ1) is 7.69. The summed E-state index contributed by atoms with van der Waals surface area (Å²) in [6.07, 6.45) is 4.24. The van der Waals surface area contributed by atoms with E-state index in [-0.39, 0.29) is 0 Å². The summed E-state index contributed by atoms with van der Waals surface area (Å²) in [5, 5.41) is 0. The van der Waals surface area contributed by atoms with Gasteiger partial charge in [0, 0.05) is 25.7 Å². The van der Waals surface area contributed by atoms with Gasteiger partial charge in [-0.15, -0.1) is 0 Å². The second-order valence-electron chi connectivity index (χ2n) is 6.07. The normalized spacial score (nSPS) is 33.0. The third-order valence-corrected chi connectivity index (χ3v) is 4.51. The average Bonchev–Trinajstić information content (AvgIpc) is 2.87. The summed E-state index contributed by atoms with van der Waals surface area (Å²) in [4.78, 5) is 5.35. The summed E-state index contributed by atoms with van der Waals surface area (Å²) in [5.41, 5.74) is 0. The Morgan fingerprint density at radius 2 is 1.81 bits per heavy atom. The molecule has 2 heterocycles. The summed E-state index contributed by atoms with van der Waals surface area (Å²) >= 11 is 0. The Labute approximate surface area is 101 Å². The largest absolute Gasteiger partial charge is 0.303 e. The minimum atomic E-state index is 0.743. The highest BCUT2D eigenvalue weighted by Crippen LogP contribution is 2.24. The minimum absolute atomic E-state index is 0.743. The van der Waals surface area contributed by atoms with Crippen molar-refractivity contribution in [2.75, 3.05) is 32.7 Å². The van der Waals surface area contributed by atoms with Crippen LogP contribution in [0.4, 0.5) is 0 Å². The lowest BCUT2D eigenvalue weighted by Gasteiger charge is -2.23. The SMILES string of the molecule is CC[C@@H]1CCN(C[C@H]2CCN(C(C)C)C2)C1. The molecule has 0 aromatic heterocycles. The van der Waals surface area contributed by atoms with E-state index in [4.69, 9.17) is 0 Å². The first kappa shape index (κ1) is 12.4. The molecule has 0 radical (unpaired) electrons. The maximum Gasteiger partial charge on any atom is 0.00387 e. The molecular formula is C14H28N2. The standard InChI is InChI=1S/C14H28N2/c1-4-13-5-7-15(9-13)10-14-6-8-16(11-14)12(2)3/h12-14H,4-11H2,1-3H3/t13-,14-/m1/s1. The van der Waals surface area contributed by atoms with Crippen molar-refractivity contribution in [1.29, 1.82) is 0 Å². The third kappa shape index (κ3) is 2.98. The van der Waals surface area contributed by atoms with Gasteiger partial charge in [-0.1, -0.05) is 13.3 Å². The molecule has 2 nitrogen and oxygen atoms in total. The first-order valence-electron chi connectivity index (χ1n) is 7.15. The van der Waals surface area contributed by atoms with E-state index >= 15 is 0 Å². The molecule has 0 spiro atoms. The Hall–Kier alpha value is -0.0800. The van der Waals surface area contributed by atoms with Crippen LogP contribution in [0.3, 0.4) is 0 Å². The summed E-state index contributed by atoms with van der Waals surface area (Å²) in [5.74, 6) is 1.93. The van der Waals surface area contributed by atoms with E-state index in [1.807, 2.05) is 0 Å². The monoisotopic (exact) mass is 224 g/mol. The van der Waals surface area contributed by atoms with Gasteiger partial charge in [-0.05, 0) is 51.6 Å². The van der Waals surface area contributed by atoms with E-state index in [2.05, 4.69) is 30.6 Å². The predicted octanol–water partition coefficient (Wildman–Crippen LogP) is 2.45. The Kier molecular flexibility index (Phi) is 4.26. The van der Waals surface area contributed by atoms with Crippen molar-refractivity contribution in [3.05, 3.63) is 0 Å². The van der Waals surface area contributed by atoms with Gasteiger partial charge in [-0.2, -0.15) is 0 Å². The van der Waals surface area contributed by atoms with Crippen LogP contribution in [0.2, 0.25) is 0 Å². The van der Waals surface area contributed by atoms with Crippen LogP contribution in [0.25, 0.3) is 0 Å². The molecule has 2 aliphatic rings. The number of hydrogen-bond acceptors (Lipinski definition) is 2. The maximum absolute atomic E-state index is 2.71. The van der Waals surface area contributed by atoms with Crippen LogP contribution in [0.1, 0.15) is 40.0 Å². The number of likely N-dealkylation sites (tertiary alicyclic amines) is 2. The van der Waals surface area contributed by atoms with E-state index in [9.17, 15) is 0 Å². The van der Waals surface area contributed by atoms with Gasteiger partial charge in [0.1, 0.15) is 0 Å². The molecule has 0 N–H and O–H groups in total. The first-order valence-corrected chi connectivity index (χ1v) is 7.15. The fourth-order valence-corrected chi connectivity index (χ4v) is 3.26. The van der Waals surface area contributed by atoms with Gasteiger partial charge < -0.3 is 9.80 Å². The summed E-state index contributed by atoms with van der Waals surface area (Å²) in [7, 11) is 0. The third-order valence-electron chi connectivity index (χ3n) is 4.51. The smallest absolute Gasteiger partial charge is 0.00387 e. The topological polar surface area (TPSA) is 6.48 Å². The molecule has 2 rings (SSSR count). The predicted molar refractivity (Wildman–Crippen MR) is 69.7 cm³/mol. The van der Waals surface area contributed by atoms with E-state index < -0.39 is 0 Å². The van der Waals surface area contributed by atoms with E-state index in [0.717, 1.165) is 17.9 Å². The molecule has 0 unspecified atom stereocenters. The molecule has 0 amide bonds. The lowest BCUT2D eigenvalue weighted by atomic mass is 10.1. The minimum Gasteiger partial charge on any atom is -0.303 e. The zero-order valence-electron chi connectivity index (χ0n) is 11.3. The highest BCUT2D eigenvalue weighted by atomic mass is 15.2. The van der Waals surface area contributed by atoms with Crippen molar-refractivity contribution >= 4 is 0 Å². The van der Waals surface area contributed by atoms with Gasteiger partial charge in [-0.3, -0.25) is 0 Å². The van der Waals surface area contributed by atoms with Crippen LogP contribution in [-0.2, 0) is 0 Å². The van der Waals surface area contributed by atoms with Gasteiger partial charge in [0.05, 0.1) is 0 Å². The lowest BCUT2D eigenvalue weighted by molar-refractivity contribution is 0.235. The number of rotatable bonds is 4. The van der Waals surface area contributed by atoms with Gasteiger partial charge in [0.2, 0.25) is 0 Å². The highest BCUT2D eigenvalue weighted by Gasteiger charge is 2.28. The van der Waals surface area contributed by atoms with Crippen molar-refractivity contribution in [3.8, 4) is 0 Å². The Balaban J connectivity index is 1.71. The van der Waals surface area contributed by atoms with Crippen LogP contribution in [-0.4, -0.2) is 48.6 Å². The Bertz CT molecular complexity index is 215. The van der Waals surface area contributed by atoms with Crippen LogP contribution in [0.5, 0.6) is 0 Å². The molecule has 0 aromatic carbocycles. The number of nitrogens with zero attached hydrogens (tertiary/aromatic N) is 2. The molecule has 2 atom stereocenters. The van der Waals surface area contributed by atoms with Gasteiger partial charge in [0.15, 0.2) is 0 Å². The summed E-state index contributed by atoms with van der Waals surface area (Å²) in [6, 6.07) is 0.743. The Morgan fingerprint density at radius 1 is 1.06 bits per heavy atom. The lowest BCUT2D eigenvalue weighted by Crippen LogP contribution is -2.32. The average molecular weight is 224 g/mol. The van der Waals surface area contributed by atoms with Crippen LogP contribution >= 0.6 is 0 Å². The molecule has 2 aliphatic heterocycles. The van der Waals surface area contributed by atoms with Crippen molar-refractivity contribution in [2.45, 2.75) is 46.1 Å². The summed E-state index contributed by atoms with van der Waals surface area (Å²) < 4.78 is 0. The zero-order valence-corrected chi connectivity index (χ0v) is 11.3.